The Morgan fingerprint density at radius 2 is 1.84 bits per heavy atom. The van der Waals surface area contributed by atoms with Crippen molar-refractivity contribution in [1.29, 1.82) is 0 Å². The second kappa shape index (κ2) is 7.19. The van der Waals surface area contributed by atoms with Crippen LogP contribution in [0.15, 0.2) is 18.2 Å². The molecule has 0 heterocycles. The molecule has 0 spiro atoms. The fourth-order valence-electron chi connectivity index (χ4n) is 1.78. The third-order valence-electron chi connectivity index (χ3n) is 2.55. The summed E-state index contributed by atoms with van der Waals surface area (Å²) >= 11 is 0. The monoisotopic (exact) mass is 271 g/mol. The van der Waals surface area contributed by atoms with E-state index in [1.165, 1.54) is 0 Å². The number of carbonyl (C=O) groups excluding carboxylic acids is 1. The summed E-state index contributed by atoms with van der Waals surface area (Å²) < 4.78 is 31.2. The van der Waals surface area contributed by atoms with Crippen molar-refractivity contribution in [3.05, 3.63) is 35.4 Å². The molecular formula is C14H19F2NO2. The van der Waals surface area contributed by atoms with Gasteiger partial charge in [-0.3, -0.25) is 4.79 Å². The van der Waals surface area contributed by atoms with Crippen LogP contribution in [0.3, 0.4) is 0 Å². The van der Waals surface area contributed by atoms with Gasteiger partial charge < -0.3 is 9.64 Å². The Morgan fingerprint density at radius 1 is 1.26 bits per heavy atom. The zero-order chi connectivity index (χ0) is 14.4. The van der Waals surface area contributed by atoms with Crippen molar-refractivity contribution in [1.82, 2.24) is 4.90 Å². The Balaban J connectivity index is 2.90. The van der Waals surface area contributed by atoms with Gasteiger partial charge in [-0.2, -0.15) is 0 Å². The Bertz CT molecular complexity index is 415. The number of rotatable bonds is 6. The van der Waals surface area contributed by atoms with Crippen molar-refractivity contribution >= 4 is 5.91 Å². The highest BCUT2D eigenvalue weighted by Gasteiger charge is 2.18. The average molecular weight is 271 g/mol. The first-order chi connectivity index (χ1) is 8.93. The van der Waals surface area contributed by atoms with Gasteiger partial charge in [0, 0.05) is 31.8 Å². The highest BCUT2D eigenvalue weighted by atomic mass is 19.1. The lowest BCUT2D eigenvalue weighted by atomic mass is 10.1. The van der Waals surface area contributed by atoms with Crippen molar-refractivity contribution in [2.45, 2.75) is 13.8 Å². The number of carbonyl (C=O) groups is 1. The van der Waals surface area contributed by atoms with E-state index in [2.05, 4.69) is 0 Å². The minimum atomic E-state index is -0.750. The number of nitrogens with zero attached hydrogens (tertiary/aromatic N) is 1. The molecule has 0 unspecified atom stereocenters. The molecule has 106 valence electrons. The largest absolute Gasteiger partial charge is 0.383 e. The summed E-state index contributed by atoms with van der Waals surface area (Å²) in [4.78, 5) is 13.8. The average Bonchev–Trinajstić information content (AvgIpc) is 2.32. The van der Waals surface area contributed by atoms with E-state index >= 15 is 0 Å². The van der Waals surface area contributed by atoms with Crippen LogP contribution in [0.4, 0.5) is 8.78 Å². The van der Waals surface area contributed by atoms with E-state index in [4.69, 9.17) is 4.74 Å². The van der Waals surface area contributed by atoms with Gasteiger partial charge in [0.25, 0.3) is 5.91 Å². The maximum atomic E-state index is 13.1. The van der Waals surface area contributed by atoms with Gasteiger partial charge in [-0.1, -0.05) is 13.8 Å². The molecule has 1 amide bonds. The van der Waals surface area contributed by atoms with Crippen LogP contribution >= 0.6 is 0 Å². The molecule has 0 N–H and O–H groups in total. The van der Waals surface area contributed by atoms with Gasteiger partial charge in [0.1, 0.15) is 11.6 Å². The number of ether oxygens (including phenoxy) is 1. The lowest BCUT2D eigenvalue weighted by Gasteiger charge is -2.24. The van der Waals surface area contributed by atoms with Crippen LogP contribution in [0.1, 0.15) is 24.2 Å². The van der Waals surface area contributed by atoms with E-state index in [0.29, 0.717) is 19.7 Å². The fourth-order valence-corrected chi connectivity index (χ4v) is 1.78. The van der Waals surface area contributed by atoms with E-state index in [-0.39, 0.29) is 17.4 Å². The van der Waals surface area contributed by atoms with E-state index in [9.17, 15) is 13.6 Å². The molecule has 1 aromatic rings. The second-order valence-corrected chi connectivity index (χ2v) is 4.80. The third kappa shape index (κ3) is 4.95. The van der Waals surface area contributed by atoms with Crippen molar-refractivity contribution in [3.63, 3.8) is 0 Å². The maximum absolute atomic E-state index is 13.1. The van der Waals surface area contributed by atoms with Crippen molar-refractivity contribution < 1.29 is 18.3 Å². The molecule has 0 saturated carbocycles. The number of amides is 1. The lowest BCUT2D eigenvalue weighted by Crippen LogP contribution is -2.36. The summed E-state index contributed by atoms with van der Waals surface area (Å²) in [5.74, 6) is -1.62. The van der Waals surface area contributed by atoms with E-state index in [1.54, 1.807) is 12.0 Å². The standard InChI is InChI=1S/C14H19F2NO2/c1-10(2)9-17(4-5-19-3)14(18)11-6-12(15)8-13(16)7-11/h6-8,10H,4-5,9H2,1-3H3. The first-order valence-electron chi connectivity index (χ1n) is 6.18. The summed E-state index contributed by atoms with van der Waals surface area (Å²) in [6, 6.07) is 2.84. The molecule has 0 saturated heterocycles. The normalized spacial score (nSPS) is 10.8. The summed E-state index contributed by atoms with van der Waals surface area (Å²) in [6.07, 6.45) is 0. The van der Waals surface area contributed by atoms with Gasteiger partial charge in [0.05, 0.1) is 6.61 Å². The molecule has 0 aliphatic carbocycles. The smallest absolute Gasteiger partial charge is 0.254 e. The number of benzene rings is 1. The summed E-state index contributed by atoms with van der Waals surface area (Å²) in [5, 5.41) is 0. The molecule has 1 rings (SSSR count). The molecule has 0 atom stereocenters. The quantitative estimate of drug-likeness (QED) is 0.796. The second-order valence-electron chi connectivity index (χ2n) is 4.80. The van der Waals surface area contributed by atoms with E-state index in [0.717, 1.165) is 18.2 Å². The molecule has 0 aliphatic rings. The fraction of sp³-hybridized carbons (Fsp3) is 0.500. The molecule has 5 heteroatoms. The zero-order valence-corrected chi connectivity index (χ0v) is 11.5. The SMILES string of the molecule is COCCN(CC(C)C)C(=O)c1cc(F)cc(F)c1. The predicted molar refractivity (Wildman–Crippen MR) is 69.0 cm³/mol. The van der Waals surface area contributed by atoms with Gasteiger partial charge in [-0.15, -0.1) is 0 Å². The molecule has 19 heavy (non-hydrogen) atoms. The molecule has 3 nitrogen and oxygen atoms in total. The van der Waals surface area contributed by atoms with Crippen molar-refractivity contribution in [2.24, 2.45) is 5.92 Å². The van der Waals surface area contributed by atoms with Gasteiger partial charge in [-0.05, 0) is 18.1 Å². The molecule has 0 aromatic heterocycles. The molecule has 0 bridgehead atoms. The Hall–Kier alpha value is -1.49. The summed E-state index contributed by atoms with van der Waals surface area (Å²) in [6.45, 7) is 5.24. The van der Waals surface area contributed by atoms with Gasteiger partial charge in [0.2, 0.25) is 0 Å². The highest BCUT2D eigenvalue weighted by molar-refractivity contribution is 5.94. The molecule has 0 radical (unpaired) electrons. The van der Waals surface area contributed by atoms with Crippen LogP contribution in [0.2, 0.25) is 0 Å². The van der Waals surface area contributed by atoms with Crippen molar-refractivity contribution in [2.75, 3.05) is 26.8 Å². The third-order valence-corrected chi connectivity index (χ3v) is 2.55. The van der Waals surface area contributed by atoms with Crippen LogP contribution in [-0.2, 0) is 4.74 Å². The topological polar surface area (TPSA) is 29.5 Å². The Kier molecular flexibility index (Phi) is 5.89. The molecule has 1 aromatic carbocycles. The number of methoxy groups -OCH3 is 1. The zero-order valence-electron chi connectivity index (χ0n) is 11.5. The van der Waals surface area contributed by atoms with Crippen LogP contribution in [0, 0.1) is 17.6 Å². The maximum Gasteiger partial charge on any atom is 0.254 e. The van der Waals surface area contributed by atoms with Crippen LogP contribution in [0.5, 0.6) is 0 Å². The van der Waals surface area contributed by atoms with Gasteiger partial charge in [-0.25, -0.2) is 8.78 Å². The predicted octanol–water partition coefficient (Wildman–Crippen LogP) is 2.71. The van der Waals surface area contributed by atoms with Crippen LogP contribution in [0.25, 0.3) is 0 Å². The Morgan fingerprint density at radius 3 is 2.32 bits per heavy atom. The van der Waals surface area contributed by atoms with Crippen LogP contribution < -0.4 is 0 Å². The molecular weight excluding hydrogens is 252 g/mol. The molecule has 0 aliphatic heterocycles. The lowest BCUT2D eigenvalue weighted by molar-refractivity contribution is 0.0671. The minimum Gasteiger partial charge on any atom is -0.383 e. The summed E-state index contributed by atoms with van der Waals surface area (Å²) in [5.41, 5.74) is 0.0225. The Labute approximate surface area is 112 Å². The van der Waals surface area contributed by atoms with Crippen LogP contribution in [-0.4, -0.2) is 37.6 Å². The van der Waals surface area contributed by atoms with E-state index in [1.807, 2.05) is 13.8 Å². The first kappa shape index (κ1) is 15.6. The molecule has 0 fully saturated rings. The van der Waals surface area contributed by atoms with E-state index < -0.39 is 11.6 Å². The van der Waals surface area contributed by atoms with Crippen molar-refractivity contribution in [3.8, 4) is 0 Å². The van der Waals surface area contributed by atoms with Gasteiger partial charge >= 0.3 is 0 Å². The number of hydrogen-bond acceptors (Lipinski definition) is 2. The number of hydrogen-bond donors (Lipinski definition) is 0. The summed E-state index contributed by atoms with van der Waals surface area (Å²) in [7, 11) is 1.54. The minimum absolute atomic E-state index is 0.0225. The highest BCUT2D eigenvalue weighted by Crippen LogP contribution is 2.12. The van der Waals surface area contributed by atoms with Gasteiger partial charge in [0.15, 0.2) is 0 Å². The number of halogens is 2. The first-order valence-corrected chi connectivity index (χ1v) is 6.18.